The summed E-state index contributed by atoms with van der Waals surface area (Å²) < 4.78 is 10.7. The van der Waals surface area contributed by atoms with Crippen LogP contribution in [0.2, 0.25) is 0 Å². The fraction of sp³-hybridized carbons (Fsp3) is 0.579. The lowest BCUT2D eigenvalue weighted by Gasteiger charge is -2.32. The van der Waals surface area contributed by atoms with Gasteiger partial charge in [-0.05, 0) is 50.3 Å². The SMILES string of the molecule is Cc1ccc(C)c(OCC(=O)N2CCC(NC(=O)OCCCl)CC2)c1C. The number of nitrogens with zero attached hydrogens (tertiary/aromatic N) is 1. The van der Waals surface area contributed by atoms with Crippen LogP contribution in [0.25, 0.3) is 0 Å². The van der Waals surface area contributed by atoms with Gasteiger partial charge < -0.3 is 19.7 Å². The minimum absolute atomic E-state index is 0.0176. The summed E-state index contributed by atoms with van der Waals surface area (Å²) in [6.45, 7) is 7.42. The van der Waals surface area contributed by atoms with Gasteiger partial charge in [0.1, 0.15) is 12.4 Å². The fourth-order valence-corrected chi connectivity index (χ4v) is 3.06. The maximum atomic E-state index is 12.4. The van der Waals surface area contributed by atoms with Gasteiger partial charge in [-0.15, -0.1) is 11.6 Å². The molecule has 1 saturated heterocycles. The molecule has 1 aliphatic rings. The molecule has 1 fully saturated rings. The zero-order chi connectivity index (χ0) is 19.1. The van der Waals surface area contributed by atoms with E-state index in [1.54, 1.807) is 4.90 Å². The number of alkyl halides is 1. The van der Waals surface area contributed by atoms with Gasteiger partial charge in [0.15, 0.2) is 6.61 Å². The first kappa shape index (κ1) is 20.4. The van der Waals surface area contributed by atoms with Crippen molar-refractivity contribution in [1.29, 1.82) is 0 Å². The number of ether oxygens (including phenoxy) is 2. The molecule has 6 nitrogen and oxygen atoms in total. The van der Waals surface area contributed by atoms with Crippen LogP contribution in [0.3, 0.4) is 0 Å². The van der Waals surface area contributed by atoms with Crippen LogP contribution in [0.5, 0.6) is 5.75 Å². The molecule has 7 heteroatoms. The number of piperidine rings is 1. The van der Waals surface area contributed by atoms with Gasteiger partial charge in [-0.2, -0.15) is 0 Å². The van der Waals surface area contributed by atoms with Crippen LogP contribution in [-0.4, -0.2) is 55.1 Å². The number of hydrogen-bond donors (Lipinski definition) is 1. The van der Waals surface area contributed by atoms with E-state index in [2.05, 4.69) is 11.4 Å². The molecule has 1 heterocycles. The molecule has 0 aliphatic carbocycles. The minimum Gasteiger partial charge on any atom is -0.483 e. The number of nitrogens with one attached hydrogen (secondary N) is 1. The van der Waals surface area contributed by atoms with Gasteiger partial charge in [0, 0.05) is 19.1 Å². The average molecular weight is 383 g/mol. The number of alkyl carbamates (subject to hydrolysis) is 1. The summed E-state index contributed by atoms with van der Waals surface area (Å²) in [5.41, 5.74) is 3.24. The number of carbonyl (C=O) groups is 2. The molecule has 0 saturated carbocycles. The molecule has 1 aliphatic heterocycles. The molecule has 2 rings (SSSR count). The topological polar surface area (TPSA) is 67.9 Å². The van der Waals surface area contributed by atoms with E-state index in [9.17, 15) is 9.59 Å². The number of aryl methyl sites for hydroxylation is 2. The first-order chi connectivity index (χ1) is 12.4. The Kier molecular flexibility index (Phi) is 7.57. The molecule has 144 valence electrons. The van der Waals surface area contributed by atoms with Crippen LogP contribution >= 0.6 is 11.6 Å². The highest BCUT2D eigenvalue weighted by molar-refractivity contribution is 6.18. The molecule has 1 aromatic rings. The predicted octanol–water partition coefficient (Wildman–Crippen LogP) is 2.95. The molecule has 0 radical (unpaired) electrons. The molecule has 0 unspecified atom stereocenters. The maximum absolute atomic E-state index is 12.4. The van der Waals surface area contributed by atoms with Crippen molar-refractivity contribution in [2.24, 2.45) is 0 Å². The van der Waals surface area contributed by atoms with Gasteiger partial charge in [0.2, 0.25) is 0 Å². The molecular formula is C19H27ClN2O4. The summed E-state index contributed by atoms with van der Waals surface area (Å²) in [4.78, 5) is 25.7. The van der Waals surface area contributed by atoms with Crippen molar-refractivity contribution < 1.29 is 19.1 Å². The van der Waals surface area contributed by atoms with Crippen molar-refractivity contribution in [1.82, 2.24) is 10.2 Å². The second-order valence-corrected chi connectivity index (χ2v) is 6.94. The van der Waals surface area contributed by atoms with Gasteiger partial charge in [-0.3, -0.25) is 4.79 Å². The smallest absolute Gasteiger partial charge is 0.407 e. The number of rotatable bonds is 6. The van der Waals surface area contributed by atoms with E-state index in [1.807, 2.05) is 26.8 Å². The summed E-state index contributed by atoms with van der Waals surface area (Å²) in [6.07, 6.45) is 0.943. The Morgan fingerprint density at radius 2 is 1.85 bits per heavy atom. The average Bonchev–Trinajstić information content (AvgIpc) is 2.63. The van der Waals surface area contributed by atoms with E-state index in [0.29, 0.717) is 25.9 Å². The summed E-state index contributed by atoms with van der Waals surface area (Å²) in [5, 5.41) is 2.80. The fourth-order valence-electron chi connectivity index (χ4n) is 2.99. The highest BCUT2D eigenvalue weighted by Gasteiger charge is 2.24. The predicted molar refractivity (Wildman–Crippen MR) is 101 cm³/mol. The van der Waals surface area contributed by atoms with Gasteiger partial charge >= 0.3 is 6.09 Å². The quantitative estimate of drug-likeness (QED) is 0.768. The third kappa shape index (κ3) is 5.53. The summed E-state index contributed by atoms with van der Waals surface area (Å²) in [7, 11) is 0. The van der Waals surface area contributed by atoms with E-state index in [1.165, 1.54) is 0 Å². The number of halogens is 1. The zero-order valence-corrected chi connectivity index (χ0v) is 16.4. The summed E-state index contributed by atoms with van der Waals surface area (Å²) in [5.74, 6) is 1.03. The Hall–Kier alpha value is -1.95. The van der Waals surface area contributed by atoms with Crippen LogP contribution in [-0.2, 0) is 9.53 Å². The first-order valence-corrected chi connectivity index (χ1v) is 9.42. The van der Waals surface area contributed by atoms with Crippen molar-refractivity contribution in [2.75, 3.05) is 32.2 Å². The molecular weight excluding hydrogens is 356 g/mol. The molecule has 0 aromatic heterocycles. The second-order valence-electron chi connectivity index (χ2n) is 6.57. The molecule has 26 heavy (non-hydrogen) atoms. The normalized spacial score (nSPS) is 14.8. The van der Waals surface area contributed by atoms with Crippen molar-refractivity contribution in [2.45, 2.75) is 39.7 Å². The van der Waals surface area contributed by atoms with E-state index in [4.69, 9.17) is 21.1 Å². The van der Waals surface area contributed by atoms with E-state index in [-0.39, 0.29) is 31.0 Å². The molecule has 1 N–H and O–H groups in total. The Bertz CT molecular complexity index is 643. The van der Waals surface area contributed by atoms with Crippen LogP contribution < -0.4 is 10.1 Å². The van der Waals surface area contributed by atoms with Crippen molar-refractivity contribution in [3.8, 4) is 5.75 Å². The molecule has 2 amide bonds. The molecule has 0 bridgehead atoms. The Balaban J connectivity index is 1.78. The lowest BCUT2D eigenvalue weighted by molar-refractivity contribution is -0.134. The molecule has 1 aromatic carbocycles. The van der Waals surface area contributed by atoms with Gasteiger partial charge in [-0.25, -0.2) is 4.79 Å². The second kappa shape index (κ2) is 9.67. The molecule has 0 spiro atoms. The Morgan fingerprint density at radius 3 is 2.50 bits per heavy atom. The van der Waals surface area contributed by atoms with Gasteiger partial charge in [0.25, 0.3) is 5.91 Å². The van der Waals surface area contributed by atoms with E-state index >= 15 is 0 Å². The van der Waals surface area contributed by atoms with E-state index < -0.39 is 6.09 Å². The van der Waals surface area contributed by atoms with Gasteiger partial charge in [0.05, 0.1) is 5.88 Å². The van der Waals surface area contributed by atoms with Crippen LogP contribution in [0, 0.1) is 20.8 Å². The minimum atomic E-state index is -0.454. The third-order valence-electron chi connectivity index (χ3n) is 4.69. The standard InChI is InChI=1S/C19H27ClN2O4/c1-13-4-5-14(2)18(15(13)3)26-12-17(23)22-9-6-16(7-10-22)21-19(24)25-11-8-20/h4-5,16H,6-12H2,1-3H3,(H,21,24). The van der Waals surface area contributed by atoms with Gasteiger partial charge in [-0.1, -0.05) is 12.1 Å². The first-order valence-electron chi connectivity index (χ1n) is 8.89. The monoisotopic (exact) mass is 382 g/mol. The molecule has 0 atom stereocenters. The third-order valence-corrected chi connectivity index (χ3v) is 4.85. The lowest BCUT2D eigenvalue weighted by Crippen LogP contribution is -2.47. The number of likely N-dealkylation sites (tertiary alicyclic amines) is 1. The lowest BCUT2D eigenvalue weighted by atomic mass is 10.0. The van der Waals surface area contributed by atoms with Crippen LogP contribution in [0.4, 0.5) is 4.79 Å². The van der Waals surface area contributed by atoms with Crippen LogP contribution in [0.1, 0.15) is 29.5 Å². The van der Waals surface area contributed by atoms with Crippen molar-refractivity contribution in [3.05, 3.63) is 28.8 Å². The van der Waals surface area contributed by atoms with Crippen LogP contribution in [0.15, 0.2) is 12.1 Å². The summed E-state index contributed by atoms with van der Waals surface area (Å²) >= 11 is 5.48. The van der Waals surface area contributed by atoms with Crippen molar-refractivity contribution in [3.63, 3.8) is 0 Å². The zero-order valence-electron chi connectivity index (χ0n) is 15.6. The number of amides is 2. The van der Waals surface area contributed by atoms with E-state index in [0.717, 1.165) is 22.4 Å². The summed E-state index contributed by atoms with van der Waals surface area (Å²) in [6, 6.07) is 4.07. The number of benzene rings is 1. The Morgan fingerprint density at radius 1 is 1.19 bits per heavy atom. The largest absolute Gasteiger partial charge is 0.483 e. The maximum Gasteiger partial charge on any atom is 0.407 e. The highest BCUT2D eigenvalue weighted by Crippen LogP contribution is 2.25. The van der Waals surface area contributed by atoms with Crippen molar-refractivity contribution >= 4 is 23.6 Å². The number of hydrogen-bond acceptors (Lipinski definition) is 4. The highest BCUT2D eigenvalue weighted by atomic mass is 35.5. The number of carbonyl (C=O) groups excluding carboxylic acids is 2. The Labute approximate surface area is 159 Å².